The second kappa shape index (κ2) is 9.11. The fourth-order valence-corrected chi connectivity index (χ4v) is 3.46. The summed E-state index contributed by atoms with van der Waals surface area (Å²) in [5.74, 6) is -0.446. The van der Waals surface area contributed by atoms with Crippen molar-refractivity contribution in [1.29, 1.82) is 0 Å². The van der Waals surface area contributed by atoms with E-state index in [9.17, 15) is 14.9 Å². The first-order valence-corrected chi connectivity index (χ1v) is 9.72. The predicted molar refractivity (Wildman–Crippen MR) is 118 cm³/mol. The van der Waals surface area contributed by atoms with Gasteiger partial charge >= 0.3 is 0 Å². The zero-order chi connectivity index (χ0) is 21.8. The van der Waals surface area contributed by atoms with Crippen molar-refractivity contribution < 1.29 is 9.72 Å². The Kier molecular flexibility index (Phi) is 6.54. The van der Waals surface area contributed by atoms with Gasteiger partial charge in [0.1, 0.15) is 0 Å². The Morgan fingerprint density at radius 1 is 1.17 bits per heavy atom. The second-order valence-electron chi connectivity index (χ2n) is 6.62. The lowest BCUT2D eigenvalue weighted by Crippen LogP contribution is -2.20. The number of para-hydroxylation sites is 1. The number of benzene rings is 2. The van der Waals surface area contributed by atoms with Gasteiger partial charge in [0, 0.05) is 34.3 Å². The number of hydrogen-bond acceptors (Lipinski definition) is 4. The molecule has 3 rings (SSSR count). The van der Waals surface area contributed by atoms with Gasteiger partial charge in [0.15, 0.2) is 0 Å². The van der Waals surface area contributed by atoms with Crippen LogP contribution in [0.1, 0.15) is 22.5 Å². The third-order valence-electron chi connectivity index (χ3n) is 4.56. The number of carbonyl (C=O) groups is 1. The maximum atomic E-state index is 12.1. The van der Waals surface area contributed by atoms with E-state index in [4.69, 9.17) is 23.2 Å². The first-order valence-electron chi connectivity index (χ1n) is 8.96. The molecule has 0 unspecified atom stereocenters. The molecular weight excluding hydrogens is 427 g/mol. The lowest BCUT2D eigenvalue weighted by atomic mass is 10.1. The normalized spacial score (nSPS) is 11.1. The van der Waals surface area contributed by atoms with Gasteiger partial charge < -0.3 is 4.57 Å². The van der Waals surface area contributed by atoms with Crippen molar-refractivity contribution >= 4 is 41.0 Å². The third-order valence-corrected chi connectivity index (χ3v) is 5.30. The van der Waals surface area contributed by atoms with Crippen molar-refractivity contribution in [2.75, 3.05) is 0 Å². The summed E-state index contributed by atoms with van der Waals surface area (Å²) in [6.45, 7) is 3.87. The first kappa shape index (κ1) is 21.5. The number of rotatable bonds is 6. The molecule has 0 fully saturated rings. The molecule has 9 heteroatoms. The molecule has 2 aromatic carbocycles. The number of aromatic nitrogens is 1. The number of amides is 1. The molecular formula is C21H18Cl2N4O3. The fraction of sp³-hybridized carbons (Fsp3) is 0.143. The number of nitro groups is 1. The highest BCUT2D eigenvalue weighted by atomic mass is 35.5. The summed E-state index contributed by atoms with van der Waals surface area (Å²) in [4.78, 5) is 22.7. The van der Waals surface area contributed by atoms with E-state index < -0.39 is 10.8 Å². The van der Waals surface area contributed by atoms with E-state index in [0.717, 1.165) is 22.6 Å². The van der Waals surface area contributed by atoms with Gasteiger partial charge in [-0.3, -0.25) is 14.9 Å². The maximum absolute atomic E-state index is 12.1. The van der Waals surface area contributed by atoms with Gasteiger partial charge in [-0.25, -0.2) is 5.43 Å². The number of hydrogen-bond donors (Lipinski definition) is 1. The van der Waals surface area contributed by atoms with Gasteiger partial charge in [-0.05, 0) is 38.1 Å². The van der Waals surface area contributed by atoms with E-state index in [-0.39, 0.29) is 12.1 Å². The summed E-state index contributed by atoms with van der Waals surface area (Å²) in [5.41, 5.74) is 6.18. The number of carbonyl (C=O) groups excluding carboxylic acids is 1. The number of halogens is 2. The van der Waals surface area contributed by atoms with Crippen LogP contribution in [0.2, 0.25) is 10.0 Å². The molecule has 0 atom stereocenters. The van der Waals surface area contributed by atoms with Crippen molar-refractivity contribution in [2.24, 2.45) is 5.10 Å². The Morgan fingerprint density at radius 3 is 2.60 bits per heavy atom. The van der Waals surface area contributed by atoms with Crippen LogP contribution in [-0.4, -0.2) is 21.6 Å². The highest BCUT2D eigenvalue weighted by Gasteiger charge is 2.15. The number of nitrogens with one attached hydrogen (secondary N) is 1. The predicted octanol–water partition coefficient (Wildman–Crippen LogP) is 5.00. The van der Waals surface area contributed by atoms with E-state index in [1.165, 1.54) is 12.3 Å². The first-order chi connectivity index (χ1) is 14.3. The van der Waals surface area contributed by atoms with Crippen LogP contribution in [0.5, 0.6) is 0 Å². The Morgan fingerprint density at radius 2 is 1.90 bits per heavy atom. The Bertz CT molecular complexity index is 1160. The molecule has 1 aromatic heterocycles. The van der Waals surface area contributed by atoms with E-state index in [1.54, 1.807) is 30.3 Å². The molecule has 3 aromatic rings. The SMILES string of the molecule is Cc1cc(C=NNC(=O)Cc2ccccc2[N+](=O)[O-])c(C)n1-c1ccc(Cl)c(Cl)c1. The second-order valence-corrected chi connectivity index (χ2v) is 7.43. The number of hydrazone groups is 1. The van der Waals surface area contributed by atoms with Crippen LogP contribution in [0.15, 0.2) is 53.6 Å². The molecule has 0 saturated carbocycles. The molecule has 1 amide bonds. The molecule has 0 saturated heterocycles. The molecule has 0 bridgehead atoms. The zero-order valence-electron chi connectivity index (χ0n) is 16.2. The third kappa shape index (κ3) is 4.69. The van der Waals surface area contributed by atoms with Gasteiger partial charge in [0.05, 0.1) is 27.6 Å². The summed E-state index contributed by atoms with van der Waals surface area (Å²) < 4.78 is 2.00. The molecule has 0 aliphatic heterocycles. The van der Waals surface area contributed by atoms with Crippen LogP contribution in [0, 0.1) is 24.0 Å². The minimum absolute atomic E-state index is 0.0956. The van der Waals surface area contributed by atoms with Crippen LogP contribution in [0.4, 0.5) is 5.69 Å². The van der Waals surface area contributed by atoms with Crippen molar-refractivity contribution in [1.82, 2.24) is 9.99 Å². The van der Waals surface area contributed by atoms with Gasteiger partial charge in [-0.2, -0.15) is 5.10 Å². The van der Waals surface area contributed by atoms with Crippen molar-refractivity contribution in [3.63, 3.8) is 0 Å². The van der Waals surface area contributed by atoms with Crippen LogP contribution >= 0.6 is 23.2 Å². The quantitative estimate of drug-likeness (QED) is 0.329. The molecule has 154 valence electrons. The van der Waals surface area contributed by atoms with Crippen LogP contribution in [0.3, 0.4) is 0 Å². The number of aryl methyl sites for hydroxylation is 1. The summed E-state index contributed by atoms with van der Waals surface area (Å²) in [6.07, 6.45) is 1.39. The largest absolute Gasteiger partial charge is 0.318 e. The van der Waals surface area contributed by atoms with Gasteiger partial charge in [-0.1, -0.05) is 41.4 Å². The van der Waals surface area contributed by atoms with Crippen LogP contribution in [0.25, 0.3) is 5.69 Å². The standard InChI is InChI=1S/C21H18Cl2N4O3/c1-13-9-16(14(2)26(13)17-7-8-18(22)19(23)11-17)12-24-25-21(28)10-15-5-3-4-6-20(15)27(29)30/h3-9,11-12H,10H2,1-2H3,(H,25,28). The lowest BCUT2D eigenvalue weighted by molar-refractivity contribution is -0.385. The maximum Gasteiger partial charge on any atom is 0.273 e. The summed E-state index contributed by atoms with van der Waals surface area (Å²) >= 11 is 12.1. The Hall–Kier alpha value is -3.16. The van der Waals surface area contributed by atoms with E-state index in [1.807, 2.05) is 30.5 Å². The molecule has 7 nitrogen and oxygen atoms in total. The highest BCUT2D eigenvalue weighted by molar-refractivity contribution is 6.42. The van der Waals surface area contributed by atoms with Gasteiger partial charge in [0.2, 0.25) is 5.91 Å². The number of nitro benzene ring substituents is 1. The highest BCUT2D eigenvalue weighted by Crippen LogP contribution is 2.27. The van der Waals surface area contributed by atoms with Crippen LogP contribution < -0.4 is 5.43 Å². The molecule has 0 radical (unpaired) electrons. The molecule has 1 heterocycles. The van der Waals surface area contributed by atoms with Crippen LogP contribution in [-0.2, 0) is 11.2 Å². The molecule has 0 aliphatic carbocycles. The molecule has 1 N–H and O–H groups in total. The van der Waals surface area contributed by atoms with Gasteiger partial charge in [0.25, 0.3) is 5.69 Å². The number of nitrogens with zero attached hydrogens (tertiary/aromatic N) is 3. The van der Waals surface area contributed by atoms with E-state index >= 15 is 0 Å². The summed E-state index contributed by atoms with van der Waals surface area (Å²) in [5, 5.41) is 16.0. The minimum Gasteiger partial charge on any atom is -0.318 e. The van der Waals surface area contributed by atoms with Crippen molar-refractivity contribution in [3.8, 4) is 5.69 Å². The minimum atomic E-state index is -0.510. The lowest BCUT2D eigenvalue weighted by Gasteiger charge is -2.10. The van der Waals surface area contributed by atoms with Gasteiger partial charge in [-0.15, -0.1) is 0 Å². The van der Waals surface area contributed by atoms with E-state index in [0.29, 0.717) is 15.6 Å². The molecule has 0 spiro atoms. The summed E-state index contributed by atoms with van der Waals surface area (Å²) in [7, 11) is 0. The van der Waals surface area contributed by atoms with Crippen molar-refractivity contribution in [3.05, 3.63) is 91.2 Å². The molecule has 30 heavy (non-hydrogen) atoms. The topological polar surface area (TPSA) is 89.5 Å². The monoisotopic (exact) mass is 444 g/mol. The zero-order valence-corrected chi connectivity index (χ0v) is 17.7. The fourth-order valence-electron chi connectivity index (χ4n) is 3.16. The molecule has 0 aliphatic rings. The van der Waals surface area contributed by atoms with E-state index in [2.05, 4.69) is 10.5 Å². The smallest absolute Gasteiger partial charge is 0.273 e. The average Bonchev–Trinajstić information content (AvgIpc) is 2.98. The average molecular weight is 445 g/mol. The van der Waals surface area contributed by atoms with Crippen molar-refractivity contribution in [2.45, 2.75) is 20.3 Å². The Balaban J connectivity index is 1.74. The summed E-state index contributed by atoms with van der Waals surface area (Å²) in [6, 6.07) is 13.4. The Labute approximate surface area is 183 Å².